The van der Waals surface area contributed by atoms with Gasteiger partial charge in [0, 0.05) is 27.6 Å². The molecule has 0 radical (unpaired) electrons. The van der Waals surface area contributed by atoms with Crippen molar-refractivity contribution in [2.24, 2.45) is 0 Å². The van der Waals surface area contributed by atoms with Crippen LogP contribution in [0.5, 0.6) is 11.8 Å². The van der Waals surface area contributed by atoms with Crippen molar-refractivity contribution in [3.05, 3.63) is 59.5 Å². The molecule has 7 heteroatoms. The first kappa shape index (κ1) is 17.2. The number of aromatic nitrogens is 3. The topological polar surface area (TPSA) is 80.2 Å². The zero-order valence-corrected chi connectivity index (χ0v) is 15.5. The van der Waals surface area contributed by atoms with Gasteiger partial charge in [0.05, 0.1) is 7.11 Å². The monoisotopic (exact) mass is 378 g/mol. The first-order valence-electron chi connectivity index (χ1n) is 8.51. The summed E-state index contributed by atoms with van der Waals surface area (Å²) in [6.07, 6.45) is 0.783. The molecule has 0 unspecified atom stereocenters. The van der Waals surface area contributed by atoms with Crippen molar-refractivity contribution in [1.82, 2.24) is 15.0 Å². The number of phenolic OH excluding ortho intramolecular Hbond substituents is 1. The van der Waals surface area contributed by atoms with Crippen LogP contribution in [0.2, 0.25) is 0 Å². The zero-order valence-electron chi connectivity index (χ0n) is 14.7. The number of rotatable bonds is 6. The minimum atomic E-state index is 0.265. The number of nitrogens with zero attached hydrogens (tertiary/aromatic N) is 3. The molecular weight excluding hydrogens is 360 g/mol. The van der Waals surface area contributed by atoms with Crippen molar-refractivity contribution >= 4 is 27.4 Å². The van der Waals surface area contributed by atoms with Crippen LogP contribution < -0.4 is 10.1 Å². The lowest BCUT2D eigenvalue weighted by Crippen LogP contribution is -2.10. The van der Waals surface area contributed by atoms with E-state index in [0.29, 0.717) is 18.3 Å². The minimum absolute atomic E-state index is 0.265. The maximum Gasteiger partial charge on any atom is 0.321 e. The zero-order chi connectivity index (χ0) is 18.6. The van der Waals surface area contributed by atoms with Gasteiger partial charge in [0.25, 0.3) is 0 Å². The predicted molar refractivity (Wildman–Crippen MR) is 107 cm³/mol. The molecule has 27 heavy (non-hydrogen) atoms. The average Bonchev–Trinajstić information content (AvgIpc) is 3.13. The summed E-state index contributed by atoms with van der Waals surface area (Å²) in [7, 11) is 1.55. The van der Waals surface area contributed by atoms with Gasteiger partial charge in [0.2, 0.25) is 5.95 Å². The molecule has 0 spiro atoms. The molecule has 0 fully saturated rings. The molecule has 2 aromatic heterocycles. The minimum Gasteiger partial charge on any atom is -0.508 e. The van der Waals surface area contributed by atoms with E-state index in [0.717, 1.165) is 22.9 Å². The van der Waals surface area contributed by atoms with Gasteiger partial charge in [-0.1, -0.05) is 30.3 Å². The maximum atomic E-state index is 9.36. The van der Waals surface area contributed by atoms with E-state index in [1.807, 2.05) is 24.3 Å². The number of benzene rings is 2. The van der Waals surface area contributed by atoms with Gasteiger partial charge in [0.15, 0.2) is 5.82 Å². The number of aromatic hydroxyl groups is 1. The number of hydrogen-bond acceptors (Lipinski definition) is 7. The van der Waals surface area contributed by atoms with Crippen LogP contribution in [0, 0.1) is 0 Å². The Balaban J connectivity index is 1.56. The predicted octanol–water partition coefficient (Wildman–Crippen LogP) is 4.12. The van der Waals surface area contributed by atoms with E-state index in [2.05, 4.69) is 37.8 Å². The van der Waals surface area contributed by atoms with Crippen molar-refractivity contribution in [3.63, 3.8) is 0 Å². The Morgan fingerprint density at radius 1 is 1.04 bits per heavy atom. The normalized spacial score (nSPS) is 10.9. The third-order valence-electron chi connectivity index (χ3n) is 4.15. The van der Waals surface area contributed by atoms with E-state index >= 15 is 0 Å². The highest BCUT2D eigenvalue weighted by Gasteiger charge is 2.13. The maximum absolute atomic E-state index is 9.36. The number of phenols is 1. The number of methoxy groups -OCH3 is 1. The number of nitrogens with one attached hydrogen (secondary N) is 1. The van der Waals surface area contributed by atoms with Crippen LogP contribution in [-0.2, 0) is 6.42 Å². The Morgan fingerprint density at radius 3 is 2.67 bits per heavy atom. The second-order valence-electron chi connectivity index (χ2n) is 5.96. The first-order chi connectivity index (χ1) is 13.2. The Bertz CT molecular complexity index is 1060. The highest BCUT2D eigenvalue weighted by Crippen LogP contribution is 2.32. The molecule has 2 heterocycles. The van der Waals surface area contributed by atoms with Gasteiger partial charge in [0.1, 0.15) is 5.75 Å². The van der Waals surface area contributed by atoms with Crippen molar-refractivity contribution in [1.29, 1.82) is 0 Å². The van der Waals surface area contributed by atoms with Crippen LogP contribution in [0.3, 0.4) is 0 Å². The molecule has 2 aromatic carbocycles. The third kappa shape index (κ3) is 3.83. The molecule has 0 saturated heterocycles. The highest BCUT2D eigenvalue weighted by molar-refractivity contribution is 7.17. The molecule has 0 amide bonds. The molecular formula is C20H18N4O2S. The van der Waals surface area contributed by atoms with Crippen LogP contribution in [0.25, 0.3) is 21.5 Å². The van der Waals surface area contributed by atoms with Gasteiger partial charge >= 0.3 is 6.01 Å². The van der Waals surface area contributed by atoms with Crippen molar-refractivity contribution in [3.8, 4) is 23.1 Å². The van der Waals surface area contributed by atoms with E-state index in [1.165, 1.54) is 4.70 Å². The van der Waals surface area contributed by atoms with Crippen LogP contribution in [0.15, 0.2) is 53.9 Å². The Hall–Kier alpha value is -3.19. The molecule has 0 aliphatic rings. The van der Waals surface area contributed by atoms with Gasteiger partial charge in [-0.05, 0) is 30.2 Å². The number of anilines is 1. The highest BCUT2D eigenvalue weighted by atomic mass is 32.1. The van der Waals surface area contributed by atoms with Gasteiger partial charge < -0.3 is 15.2 Å². The third-order valence-corrected chi connectivity index (χ3v) is 5.12. The standard InChI is InChI=1S/C20H18N4O2S/c1-26-20-23-18(16-12-27-17-5-3-2-4-15(16)17)22-19(24-20)21-11-10-13-6-8-14(25)9-7-13/h2-9,12,25H,10-11H2,1H3,(H,21,22,23,24). The fourth-order valence-corrected chi connectivity index (χ4v) is 3.72. The molecule has 4 aromatic rings. The van der Waals surface area contributed by atoms with Crippen LogP contribution >= 0.6 is 11.3 Å². The molecule has 4 rings (SSSR count). The van der Waals surface area contributed by atoms with E-state index in [4.69, 9.17) is 4.74 Å². The van der Waals surface area contributed by atoms with Crippen molar-refractivity contribution in [2.75, 3.05) is 19.0 Å². The molecule has 0 saturated carbocycles. The van der Waals surface area contributed by atoms with Crippen LogP contribution in [0.4, 0.5) is 5.95 Å². The van der Waals surface area contributed by atoms with Gasteiger partial charge in [-0.15, -0.1) is 11.3 Å². The van der Waals surface area contributed by atoms with Crippen molar-refractivity contribution in [2.45, 2.75) is 6.42 Å². The lowest BCUT2D eigenvalue weighted by molar-refractivity contribution is 0.379. The molecule has 0 aliphatic heterocycles. The smallest absolute Gasteiger partial charge is 0.321 e. The number of hydrogen-bond donors (Lipinski definition) is 2. The summed E-state index contributed by atoms with van der Waals surface area (Å²) >= 11 is 1.66. The summed E-state index contributed by atoms with van der Waals surface area (Å²) in [5.74, 6) is 1.33. The van der Waals surface area contributed by atoms with Gasteiger partial charge in [-0.3, -0.25) is 0 Å². The summed E-state index contributed by atoms with van der Waals surface area (Å²) in [5.41, 5.74) is 2.09. The van der Waals surface area contributed by atoms with Gasteiger partial charge in [-0.2, -0.15) is 15.0 Å². The van der Waals surface area contributed by atoms with E-state index in [1.54, 1.807) is 30.6 Å². The summed E-state index contributed by atoms with van der Waals surface area (Å²) < 4.78 is 6.45. The van der Waals surface area contributed by atoms with E-state index in [9.17, 15) is 5.11 Å². The second kappa shape index (κ2) is 7.59. The Morgan fingerprint density at radius 2 is 1.85 bits per heavy atom. The summed E-state index contributed by atoms with van der Waals surface area (Å²) in [5, 5.41) is 15.8. The Labute approximate surface area is 160 Å². The summed E-state index contributed by atoms with van der Waals surface area (Å²) in [6, 6.07) is 15.6. The summed E-state index contributed by atoms with van der Waals surface area (Å²) in [6.45, 7) is 0.655. The van der Waals surface area contributed by atoms with Gasteiger partial charge in [-0.25, -0.2) is 0 Å². The Kier molecular flexibility index (Phi) is 4.84. The number of fused-ring (bicyclic) bond motifs is 1. The first-order valence-corrected chi connectivity index (χ1v) is 9.39. The SMILES string of the molecule is COc1nc(NCCc2ccc(O)cc2)nc(-c2csc3ccccc23)n1. The largest absolute Gasteiger partial charge is 0.508 e. The lowest BCUT2D eigenvalue weighted by Gasteiger charge is -2.08. The number of thiophene rings is 1. The fraction of sp³-hybridized carbons (Fsp3) is 0.150. The second-order valence-corrected chi connectivity index (χ2v) is 6.87. The van der Waals surface area contributed by atoms with E-state index in [-0.39, 0.29) is 11.8 Å². The number of ether oxygens (including phenoxy) is 1. The quantitative estimate of drug-likeness (QED) is 0.525. The van der Waals surface area contributed by atoms with E-state index < -0.39 is 0 Å². The van der Waals surface area contributed by atoms with Crippen molar-refractivity contribution < 1.29 is 9.84 Å². The average molecular weight is 378 g/mol. The molecule has 0 aliphatic carbocycles. The van der Waals surface area contributed by atoms with Crippen LogP contribution in [0.1, 0.15) is 5.56 Å². The fourth-order valence-electron chi connectivity index (χ4n) is 2.78. The molecule has 0 atom stereocenters. The molecule has 6 nitrogen and oxygen atoms in total. The van der Waals surface area contributed by atoms with Crippen LogP contribution in [-0.4, -0.2) is 33.7 Å². The molecule has 0 bridgehead atoms. The lowest BCUT2D eigenvalue weighted by atomic mass is 10.1. The molecule has 136 valence electrons. The summed E-state index contributed by atoms with van der Waals surface area (Å²) in [4.78, 5) is 13.3. The molecule has 2 N–H and O–H groups in total.